The van der Waals surface area contributed by atoms with Crippen molar-refractivity contribution in [2.24, 2.45) is 0 Å². The van der Waals surface area contributed by atoms with Gasteiger partial charge in [-0.2, -0.15) is 0 Å². The van der Waals surface area contributed by atoms with Gasteiger partial charge in [-0.3, -0.25) is 9.59 Å². The van der Waals surface area contributed by atoms with Gasteiger partial charge in [-0.1, -0.05) is 12.1 Å². The van der Waals surface area contributed by atoms with E-state index in [1.807, 2.05) is 32.0 Å². The van der Waals surface area contributed by atoms with Crippen LogP contribution in [-0.4, -0.2) is 29.6 Å². The van der Waals surface area contributed by atoms with Crippen molar-refractivity contribution in [3.8, 4) is 5.75 Å². The van der Waals surface area contributed by atoms with E-state index < -0.39 is 12.0 Å². The molecule has 0 aliphatic carbocycles. The van der Waals surface area contributed by atoms with Gasteiger partial charge < -0.3 is 15.2 Å². The maximum Gasteiger partial charge on any atom is 0.325 e. The third-order valence-electron chi connectivity index (χ3n) is 2.89. The molecule has 1 aromatic rings. The monoisotopic (exact) mass is 265 g/mol. The number of benzene rings is 1. The molecule has 5 nitrogen and oxygen atoms in total. The maximum atomic E-state index is 11.4. The number of carbonyl (C=O) groups excluding carboxylic acids is 1. The SMILES string of the molecule is Cc1cccc(OCCC(=O)N[C@@H](C)C(=O)O)c1C. The van der Waals surface area contributed by atoms with E-state index in [2.05, 4.69) is 5.32 Å². The molecule has 0 bridgehead atoms. The van der Waals surface area contributed by atoms with Gasteiger partial charge in [-0.15, -0.1) is 0 Å². The number of aryl methyl sites for hydroxylation is 1. The average Bonchev–Trinajstić information content (AvgIpc) is 2.34. The Hall–Kier alpha value is -2.04. The second kappa shape index (κ2) is 6.78. The number of carboxylic acids is 1. The van der Waals surface area contributed by atoms with E-state index in [-0.39, 0.29) is 18.9 Å². The Kier molecular flexibility index (Phi) is 5.36. The predicted octanol–water partition coefficient (Wildman–Crippen LogP) is 1.66. The molecule has 1 rings (SSSR count). The Bertz CT molecular complexity index is 471. The van der Waals surface area contributed by atoms with Crippen molar-refractivity contribution >= 4 is 11.9 Å². The Morgan fingerprint density at radius 3 is 2.68 bits per heavy atom. The Labute approximate surface area is 112 Å². The van der Waals surface area contributed by atoms with Crippen LogP contribution in [0.3, 0.4) is 0 Å². The van der Waals surface area contributed by atoms with E-state index in [1.165, 1.54) is 6.92 Å². The highest BCUT2D eigenvalue weighted by Gasteiger charge is 2.13. The molecule has 0 saturated carbocycles. The van der Waals surface area contributed by atoms with E-state index in [4.69, 9.17) is 9.84 Å². The molecule has 0 aliphatic heterocycles. The molecule has 0 spiro atoms. The summed E-state index contributed by atoms with van der Waals surface area (Å²) in [6.45, 7) is 5.59. The topological polar surface area (TPSA) is 75.6 Å². The Morgan fingerprint density at radius 1 is 1.37 bits per heavy atom. The van der Waals surface area contributed by atoms with Crippen LogP contribution in [0.25, 0.3) is 0 Å². The second-order valence-electron chi connectivity index (χ2n) is 4.42. The first-order chi connectivity index (χ1) is 8.91. The number of carbonyl (C=O) groups is 2. The van der Waals surface area contributed by atoms with Gasteiger partial charge in [0, 0.05) is 0 Å². The smallest absolute Gasteiger partial charge is 0.325 e. The van der Waals surface area contributed by atoms with E-state index in [1.54, 1.807) is 0 Å². The molecule has 5 heteroatoms. The fourth-order valence-corrected chi connectivity index (χ4v) is 1.51. The lowest BCUT2D eigenvalue weighted by Crippen LogP contribution is -2.38. The summed E-state index contributed by atoms with van der Waals surface area (Å²) in [7, 11) is 0. The molecule has 0 saturated heterocycles. The number of nitrogens with one attached hydrogen (secondary N) is 1. The van der Waals surface area contributed by atoms with Crippen LogP contribution in [0.2, 0.25) is 0 Å². The van der Waals surface area contributed by atoms with Crippen LogP contribution in [0.1, 0.15) is 24.5 Å². The molecule has 19 heavy (non-hydrogen) atoms. The van der Waals surface area contributed by atoms with Gasteiger partial charge in [0.25, 0.3) is 0 Å². The van der Waals surface area contributed by atoms with E-state index in [0.29, 0.717) is 0 Å². The highest BCUT2D eigenvalue weighted by Crippen LogP contribution is 2.20. The molecular formula is C14H19NO4. The Morgan fingerprint density at radius 2 is 2.05 bits per heavy atom. The highest BCUT2D eigenvalue weighted by molar-refractivity contribution is 5.83. The number of amides is 1. The molecule has 104 valence electrons. The quantitative estimate of drug-likeness (QED) is 0.820. The molecule has 0 unspecified atom stereocenters. The minimum absolute atomic E-state index is 0.130. The first-order valence-electron chi connectivity index (χ1n) is 6.13. The fourth-order valence-electron chi connectivity index (χ4n) is 1.51. The van der Waals surface area contributed by atoms with E-state index in [9.17, 15) is 9.59 Å². The normalized spacial score (nSPS) is 11.7. The zero-order chi connectivity index (χ0) is 14.4. The van der Waals surface area contributed by atoms with Crippen molar-refractivity contribution in [3.63, 3.8) is 0 Å². The molecule has 1 atom stereocenters. The summed E-state index contributed by atoms with van der Waals surface area (Å²) in [5.74, 6) is -0.636. The van der Waals surface area contributed by atoms with Crippen molar-refractivity contribution < 1.29 is 19.4 Å². The van der Waals surface area contributed by atoms with Crippen molar-refractivity contribution in [2.45, 2.75) is 33.2 Å². The zero-order valence-electron chi connectivity index (χ0n) is 11.4. The molecule has 0 heterocycles. The molecule has 0 fully saturated rings. The molecule has 0 radical (unpaired) electrons. The number of aliphatic carboxylic acids is 1. The van der Waals surface area contributed by atoms with Crippen LogP contribution >= 0.6 is 0 Å². The van der Waals surface area contributed by atoms with Gasteiger partial charge >= 0.3 is 5.97 Å². The maximum absolute atomic E-state index is 11.4. The number of rotatable bonds is 6. The van der Waals surface area contributed by atoms with Crippen molar-refractivity contribution in [1.82, 2.24) is 5.32 Å². The number of carboxylic acid groups (broad SMARTS) is 1. The van der Waals surface area contributed by atoms with Crippen LogP contribution in [0, 0.1) is 13.8 Å². The third kappa shape index (κ3) is 4.62. The van der Waals surface area contributed by atoms with Crippen LogP contribution in [0.15, 0.2) is 18.2 Å². The fraction of sp³-hybridized carbons (Fsp3) is 0.429. The zero-order valence-corrected chi connectivity index (χ0v) is 11.4. The number of hydrogen-bond acceptors (Lipinski definition) is 3. The molecule has 1 amide bonds. The lowest BCUT2D eigenvalue weighted by molar-refractivity contribution is -0.141. The Balaban J connectivity index is 2.40. The first kappa shape index (κ1) is 15.0. The molecule has 2 N–H and O–H groups in total. The van der Waals surface area contributed by atoms with Gasteiger partial charge in [0.2, 0.25) is 5.91 Å². The van der Waals surface area contributed by atoms with Crippen molar-refractivity contribution in [2.75, 3.05) is 6.61 Å². The van der Waals surface area contributed by atoms with Crippen LogP contribution in [-0.2, 0) is 9.59 Å². The predicted molar refractivity (Wildman–Crippen MR) is 71.3 cm³/mol. The minimum Gasteiger partial charge on any atom is -0.493 e. The standard InChI is InChI=1S/C14H19NO4/c1-9-5-4-6-12(10(9)2)19-8-7-13(16)15-11(3)14(17)18/h4-6,11H,7-8H2,1-3H3,(H,15,16)(H,17,18)/t11-/m0/s1. The van der Waals surface area contributed by atoms with E-state index in [0.717, 1.165) is 16.9 Å². The summed E-state index contributed by atoms with van der Waals surface area (Å²) in [5.41, 5.74) is 2.17. The van der Waals surface area contributed by atoms with Crippen molar-refractivity contribution in [3.05, 3.63) is 29.3 Å². The van der Waals surface area contributed by atoms with E-state index >= 15 is 0 Å². The summed E-state index contributed by atoms with van der Waals surface area (Å²) in [4.78, 5) is 22.0. The number of ether oxygens (including phenoxy) is 1. The van der Waals surface area contributed by atoms with Crippen LogP contribution in [0.5, 0.6) is 5.75 Å². The molecule has 1 aromatic carbocycles. The minimum atomic E-state index is -1.05. The molecular weight excluding hydrogens is 246 g/mol. The number of hydrogen-bond donors (Lipinski definition) is 2. The summed E-state index contributed by atoms with van der Waals surface area (Å²) >= 11 is 0. The summed E-state index contributed by atoms with van der Waals surface area (Å²) in [6.07, 6.45) is 0.130. The van der Waals surface area contributed by atoms with Gasteiger partial charge in [0.05, 0.1) is 13.0 Å². The lowest BCUT2D eigenvalue weighted by atomic mass is 10.1. The van der Waals surface area contributed by atoms with Crippen LogP contribution < -0.4 is 10.1 Å². The molecule has 0 aromatic heterocycles. The third-order valence-corrected chi connectivity index (χ3v) is 2.89. The van der Waals surface area contributed by atoms with Gasteiger partial charge in [-0.05, 0) is 38.0 Å². The van der Waals surface area contributed by atoms with Crippen molar-refractivity contribution in [1.29, 1.82) is 0 Å². The summed E-state index contributed by atoms with van der Waals surface area (Å²) < 4.78 is 5.52. The lowest BCUT2D eigenvalue weighted by Gasteiger charge is -2.12. The summed E-state index contributed by atoms with van der Waals surface area (Å²) in [5, 5.41) is 11.0. The average molecular weight is 265 g/mol. The summed E-state index contributed by atoms with van der Waals surface area (Å²) in [6, 6.07) is 4.85. The van der Waals surface area contributed by atoms with Crippen LogP contribution in [0.4, 0.5) is 0 Å². The second-order valence-corrected chi connectivity index (χ2v) is 4.42. The highest BCUT2D eigenvalue weighted by atomic mass is 16.5. The molecule has 0 aliphatic rings. The largest absolute Gasteiger partial charge is 0.493 e. The van der Waals surface area contributed by atoms with Gasteiger partial charge in [0.1, 0.15) is 11.8 Å². The first-order valence-corrected chi connectivity index (χ1v) is 6.13. The van der Waals surface area contributed by atoms with Gasteiger partial charge in [-0.25, -0.2) is 0 Å². The van der Waals surface area contributed by atoms with Gasteiger partial charge in [0.15, 0.2) is 0 Å².